The van der Waals surface area contributed by atoms with Crippen molar-refractivity contribution in [3.8, 4) is 0 Å². The van der Waals surface area contributed by atoms with E-state index in [0.717, 1.165) is 0 Å². The Morgan fingerprint density at radius 1 is 1.16 bits per heavy atom. The Balaban J connectivity index is 2.72. The van der Waals surface area contributed by atoms with E-state index in [4.69, 9.17) is 26.8 Å². The lowest BCUT2D eigenvalue weighted by Gasteiger charge is -2.24. The van der Waals surface area contributed by atoms with Crippen LogP contribution in [0.3, 0.4) is 0 Å². The molecular weight excluding hydrogens is 268 g/mol. The van der Waals surface area contributed by atoms with Gasteiger partial charge in [0.05, 0.1) is 13.2 Å². The molecule has 0 spiro atoms. The molecule has 1 aromatic heterocycles. The van der Waals surface area contributed by atoms with Crippen LogP contribution in [0.25, 0.3) is 0 Å². The third-order valence-electron chi connectivity index (χ3n) is 2.53. The van der Waals surface area contributed by atoms with Gasteiger partial charge in [-0.25, -0.2) is 9.97 Å². The molecule has 0 aromatic carbocycles. The molecule has 0 fully saturated rings. The Morgan fingerprint density at radius 2 is 1.74 bits per heavy atom. The maximum absolute atomic E-state index is 5.92. The van der Waals surface area contributed by atoms with Crippen molar-refractivity contribution in [1.29, 1.82) is 0 Å². The first-order chi connectivity index (χ1) is 9.20. The molecule has 19 heavy (non-hydrogen) atoms. The van der Waals surface area contributed by atoms with Crippen LogP contribution in [0.15, 0.2) is 6.33 Å². The van der Waals surface area contributed by atoms with Crippen LogP contribution < -0.4 is 10.6 Å². The fraction of sp³-hybridized carbons (Fsp3) is 0.667. The first kappa shape index (κ1) is 15.9. The number of rotatable bonds is 9. The molecule has 1 rings (SSSR count). The summed E-state index contributed by atoms with van der Waals surface area (Å²) in [6.45, 7) is 7.84. The number of halogens is 1. The van der Waals surface area contributed by atoms with E-state index in [1.54, 1.807) is 0 Å². The fourth-order valence-electron chi connectivity index (χ4n) is 1.58. The lowest BCUT2D eigenvalue weighted by atomic mass is 10.4. The van der Waals surface area contributed by atoms with Gasteiger partial charge in [-0.15, -0.1) is 0 Å². The number of hydrogen-bond acceptors (Lipinski definition) is 6. The molecule has 108 valence electrons. The molecule has 0 aliphatic rings. The summed E-state index contributed by atoms with van der Waals surface area (Å²) in [6.07, 6.45) is 1.41. The second-order valence-electron chi connectivity index (χ2n) is 3.78. The highest BCUT2D eigenvalue weighted by atomic mass is 35.5. The predicted molar refractivity (Wildman–Crippen MR) is 76.7 cm³/mol. The van der Waals surface area contributed by atoms with Gasteiger partial charge >= 0.3 is 0 Å². The molecule has 6 nitrogen and oxygen atoms in total. The summed E-state index contributed by atoms with van der Waals surface area (Å²) in [6, 6.07) is 0. The number of ether oxygens (including phenoxy) is 2. The molecule has 0 unspecified atom stereocenters. The van der Waals surface area contributed by atoms with Crippen LogP contribution in [0.1, 0.15) is 13.8 Å². The predicted octanol–water partition coefficient (Wildman–Crippen LogP) is 1.59. The molecule has 0 amide bonds. The van der Waals surface area contributed by atoms with Crippen molar-refractivity contribution in [2.45, 2.75) is 13.8 Å². The number of nitrogen functional groups attached to an aromatic ring is 1. The minimum atomic E-state index is 0.266. The fourth-order valence-corrected chi connectivity index (χ4v) is 1.71. The molecule has 0 saturated carbocycles. The van der Waals surface area contributed by atoms with Crippen LogP contribution in [0, 0.1) is 0 Å². The number of nitrogens with zero attached hydrogens (tertiary/aromatic N) is 3. The highest BCUT2D eigenvalue weighted by Crippen LogP contribution is 2.25. The van der Waals surface area contributed by atoms with Crippen LogP contribution in [-0.4, -0.2) is 49.5 Å². The second kappa shape index (κ2) is 8.90. The average Bonchev–Trinajstić information content (AvgIpc) is 2.41. The number of aromatic nitrogens is 2. The second-order valence-corrected chi connectivity index (χ2v) is 4.14. The molecule has 2 N–H and O–H groups in total. The van der Waals surface area contributed by atoms with Crippen molar-refractivity contribution < 1.29 is 9.47 Å². The van der Waals surface area contributed by atoms with E-state index in [0.29, 0.717) is 51.0 Å². The van der Waals surface area contributed by atoms with Crippen LogP contribution >= 0.6 is 11.6 Å². The summed E-state index contributed by atoms with van der Waals surface area (Å²) >= 11 is 5.92. The van der Waals surface area contributed by atoms with Crippen molar-refractivity contribution in [1.82, 2.24) is 9.97 Å². The first-order valence-corrected chi connectivity index (χ1v) is 6.74. The van der Waals surface area contributed by atoms with Gasteiger partial charge in [0.25, 0.3) is 0 Å². The van der Waals surface area contributed by atoms with Gasteiger partial charge in [-0.2, -0.15) is 0 Å². The van der Waals surface area contributed by atoms with Gasteiger partial charge in [0.2, 0.25) is 0 Å². The van der Waals surface area contributed by atoms with E-state index in [9.17, 15) is 0 Å². The molecule has 0 saturated heterocycles. The molecule has 0 bridgehead atoms. The maximum Gasteiger partial charge on any atom is 0.157 e. The molecule has 1 aromatic rings. The quantitative estimate of drug-likeness (QED) is 0.549. The number of anilines is 2. The SMILES string of the molecule is CCOCCN(CCOCC)c1ncnc(Cl)c1N. The zero-order chi connectivity index (χ0) is 14.1. The van der Waals surface area contributed by atoms with E-state index < -0.39 is 0 Å². The molecular formula is C12H21ClN4O2. The zero-order valence-electron chi connectivity index (χ0n) is 11.4. The Kier molecular flexibility index (Phi) is 7.47. The Morgan fingerprint density at radius 3 is 2.26 bits per heavy atom. The highest BCUT2D eigenvalue weighted by molar-refractivity contribution is 6.32. The maximum atomic E-state index is 5.92. The van der Waals surface area contributed by atoms with Gasteiger partial charge < -0.3 is 20.1 Å². The van der Waals surface area contributed by atoms with Crippen molar-refractivity contribution in [2.24, 2.45) is 0 Å². The summed E-state index contributed by atoms with van der Waals surface area (Å²) in [5.74, 6) is 0.624. The standard InChI is InChI=1S/C12H21ClN4O2/c1-3-18-7-5-17(6-8-19-4-2)12-10(14)11(13)15-9-16-12/h9H,3-8,14H2,1-2H3. The van der Waals surface area contributed by atoms with Gasteiger partial charge in [-0.05, 0) is 13.8 Å². The zero-order valence-corrected chi connectivity index (χ0v) is 12.2. The summed E-state index contributed by atoms with van der Waals surface area (Å²) in [5, 5.41) is 0.266. The smallest absolute Gasteiger partial charge is 0.157 e. The van der Waals surface area contributed by atoms with Gasteiger partial charge in [0.15, 0.2) is 11.0 Å². The lowest BCUT2D eigenvalue weighted by Crippen LogP contribution is -2.32. The monoisotopic (exact) mass is 288 g/mol. The van der Waals surface area contributed by atoms with Gasteiger partial charge in [-0.1, -0.05) is 11.6 Å². The Hall–Kier alpha value is -1.11. The van der Waals surface area contributed by atoms with Crippen LogP contribution in [-0.2, 0) is 9.47 Å². The molecule has 0 aliphatic heterocycles. The lowest BCUT2D eigenvalue weighted by molar-refractivity contribution is 0.141. The van der Waals surface area contributed by atoms with E-state index in [1.807, 2.05) is 18.7 Å². The van der Waals surface area contributed by atoms with E-state index in [-0.39, 0.29) is 5.15 Å². The van der Waals surface area contributed by atoms with Gasteiger partial charge in [-0.3, -0.25) is 0 Å². The van der Waals surface area contributed by atoms with Crippen LogP contribution in [0.2, 0.25) is 5.15 Å². The molecule has 0 aliphatic carbocycles. The summed E-state index contributed by atoms with van der Waals surface area (Å²) in [4.78, 5) is 10.0. The molecule has 0 atom stereocenters. The van der Waals surface area contributed by atoms with Gasteiger partial charge in [0.1, 0.15) is 12.0 Å². The van der Waals surface area contributed by atoms with E-state index in [1.165, 1.54) is 6.33 Å². The third-order valence-corrected chi connectivity index (χ3v) is 2.83. The Labute approximate surface area is 118 Å². The summed E-state index contributed by atoms with van der Waals surface area (Å²) < 4.78 is 10.7. The number of nitrogens with two attached hydrogens (primary N) is 1. The largest absolute Gasteiger partial charge is 0.393 e. The van der Waals surface area contributed by atoms with E-state index >= 15 is 0 Å². The average molecular weight is 289 g/mol. The number of hydrogen-bond donors (Lipinski definition) is 1. The summed E-state index contributed by atoms with van der Waals surface area (Å²) in [7, 11) is 0. The first-order valence-electron chi connectivity index (χ1n) is 6.37. The van der Waals surface area contributed by atoms with Crippen molar-refractivity contribution in [2.75, 3.05) is 50.2 Å². The minimum absolute atomic E-state index is 0.266. The molecule has 1 heterocycles. The summed E-state index contributed by atoms with van der Waals surface area (Å²) in [5.41, 5.74) is 6.30. The van der Waals surface area contributed by atoms with Crippen molar-refractivity contribution in [3.63, 3.8) is 0 Å². The molecule has 0 radical (unpaired) electrons. The Bertz CT molecular complexity index is 369. The van der Waals surface area contributed by atoms with Crippen LogP contribution in [0.5, 0.6) is 0 Å². The van der Waals surface area contributed by atoms with Gasteiger partial charge in [0, 0.05) is 26.3 Å². The highest BCUT2D eigenvalue weighted by Gasteiger charge is 2.14. The minimum Gasteiger partial charge on any atom is -0.393 e. The molecule has 7 heteroatoms. The van der Waals surface area contributed by atoms with Crippen molar-refractivity contribution in [3.05, 3.63) is 11.5 Å². The van der Waals surface area contributed by atoms with Crippen LogP contribution in [0.4, 0.5) is 11.5 Å². The topological polar surface area (TPSA) is 73.5 Å². The van der Waals surface area contributed by atoms with E-state index in [2.05, 4.69) is 9.97 Å². The normalized spacial score (nSPS) is 10.7. The third kappa shape index (κ3) is 5.18. The van der Waals surface area contributed by atoms with Crippen molar-refractivity contribution >= 4 is 23.1 Å².